The summed E-state index contributed by atoms with van der Waals surface area (Å²) >= 11 is 0. The van der Waals surface area contributed by atoms with Gasteiger partial charge in [-0.2, -0.15) is 0 Å². The number of nitrogens with zero attached hydrogens (tertiary/aromatic N) is 1. The van der Waals surface area contributed by atoms with E-state index in [2.05, 4.69) is 6.58 Å². The topological polar surface area (TPSA) is 65.1 Å². The SMILES string of the molecule is C=CC[C@H]1[C@H](OCc2ccccc2)OC(=O)N1C(=O)OC(C)(C)C. The summed E-state index contributed by atoms with van der Waals surface area (Å²) in [4.78, 5) is 25.3. The van der Waals surface area contributed by atoms with E-state index in [9.17, 15) is 9.59 Å². The second kappa shape index (κ2) is 7.49. The first-order chi connectivity index (χ1) is 11.3. The molecule has 1 heterocycles. The molecule has 0 aliphatic carbocycles. The molecule has 1 saturated heterocycles. The summed E-state index contributed by atoms with van der Waals surface area (Å²) in [7, 11) is 0. The molecule has 1 fully saturated rings. The van der Waals surface area contributed by atoms with Gasteiger partial charge in [-0.25, -0.2) is 14.5 Å². The maximum absolute atomic E-state index is 12.3. The smallest absolute Gasteiger partial charge is 0.422 e. The zero-order chi connectivity index (χ0) is 17.7. The highest BCUT2D eigenvalue weighted by molar-refractivity contribution is 5.90. The molecule has 2 amide bonds. The molecule has 2 atom stereocenters. The molecule has 1 aliphatic heterocycles. The Bertz CT molecular complexity index is 593. The second-order valence-electron chi connectivity index (χ2n) is 6.49. The fraction of sp³-hybridized carbons (Fsp3) is 0.444. The fourth-order valence-electron chi connectivity index (χ4n) is 2.30. The van der Waals surface area contributed by atoms with E-state index >= 15 is 0 Å². The standard InChI is InChI=1S/C18H23NO5/c1-5-9-14-15(22-12-13-10-7-6-8-11-13)23-16(20)19(14)17(21)24-18(2,3)4/h5-8,10-11,14-15H,1,9,12H2,2-4H3/t14-,15+/m0/s1. The van der Waals surface area contributed by atoms with Crippen molar-refractivity contribution in [2.45, 2.75) is 51.7 Å². The van der Waals surface area contributed by atoms with Crippen LogP contribution in [0.5, 0.6) is 0 Å². The molecular formula is C18H23NO5. The van der Waals surface area contributed by atoms with Crippen molar-refractivity contribution in [3.63, 3.8) is 0 Å². The minimum absolute atomic E-state index is 0.272. The molecule has 1 aliphatic rings. The summed E-state index contributed by atoms with van der Waals surface area (Å²) in [5, 5.41) is 0. The summed E-state index contributed by atoms with van der Waals surface area (Å²) < 4.78 is 16.2. The van der Waals surface area contributed by atoms with Crippen LogP contribution in [0.15, 0.2) is 43.0 Å². The van der Waals surface area contributed by atoms with Gasteiger partial charge in [0.15, 0.2) is 0 Å². The summed E-state index contributed by atoms with van der Waals surface area (Å²) in [6, 6.07) is 8.91. The second-order valence-corrected chi connectivity index (χ2v) is 6.49. The Balaban J connectivity index is 2.08. The van der Waals surface area contributed by atoms with Gasteiger partial charge in [0, 0.05) is 0 Å². The van der Waals surface area contributed by atoms with Crippen LogP contribution in [0.2, 0.25) is 0 Å². The Labute approximate surface area is 142 Å². The van der Waals surface area contributed by atoms with Crippen LogP contribution in [-0.4, -0.2) is 35.0 Å². The van der Waals surface area contributed by atoms with Crippen molar-refractivity contribution >= 4 is 12.2 Å². The van der Waals surface area contributed by atoms with Crippen molar-refractivity contribution in [1.29, 1.82) is 0 Å². The molecule has 1 aromatic carbocycles. The number of carbonyl (C=O) groups is 2. The minimum atomic E-state index is -0.858. The zero-order valence-electron chi connectivity index (χ0n) is 14.2. The van der Waals surface area contributed by atoms with Crippen LogP contribution in [0.4, 0.5) is 9.59 Å². The number of hydrogen-bond donors (Lipinski definition) is 0. The van der Waals surface area contributed by atoms with Crippen molar-refractivity contribution in [2.75, 3.05) is 0 Å². The molecule has 0 spiro atoms. The number of benzene rings is 1. The van der Waals surface area contributed by atoms with E-state index in [1.807, 2.05) is 30.3 Å². The van der Waals surface area contributed by atoms with Crippen LogP contribution in [0.3, 0.4) is 0 Å². The van der Waals surface area contributed by atoms with Crippen molar-refractivity contribution in [2.24, 2.45) is 0 Å². The molecule has 1 aromatic rings. The van der Waals surface area contributed by atoms with Crippen LogP contribution in [0.1, 0.15) is 32.8 Å². The molecular weight excluding hydrogens is 310 g/mol. The van der Waals surface area contributed by atoms with Gasteiger partial charge in [-0.1, -0.05) is 36.4 Å². The highest BCUT2D eigenvalue weighted by atomic mass is 16.7. The maximum Gasteiger partial charge on any atom is 0.422 e. The first kappa shape index (κ1) is 18.0. The zero-order valence-corrected chi connectivity index (χ0v) is 14.2. The molecule has 0 bridgehead atoms. The van der Waals surface area contributed by atoms with Gasteiger partial charge in [0.05, 0.1) is 6.61 Å². The van der Waals surface area contributed by atoms with Gasteiger partial charge in [0.1, 0.15) is 11.6 Å². The molecule has 6 nitrogen and oxygen atoms in total. The van der Waals surface area contributed by atoms with Crippen molar-refractivity contribution < 1.29 is 23.8 Å². The first-order valence-corrected chi connectivity index (χ1v) is 7.81. The van der Waals surface area contributed by atoms with Gasteiger partial charge >= 0.3 is 12.2 Å². The van der Waals surface area contributed by atoms with Gasteiger partial charge in [0.2, 0.25) is 6.29 Å². The number of carbonyl (C=O) groups excluding carboxylic acids is 2. The van der Waals surface area contributed by atoms with Crippen molar-refractivity contribution in [3.8, 4) is 0 Å². The Morgan fingerprint density at radius 3 is 2.58 bits per heavy atom. The van der Waals surface area contributed by atoms with Crippen molar-refractivity contribution in [3.05, 3.63) is 48.6 Å². The van der Waals surface area contributed by atoms with Gasteiger partial charge in [-0.05, 0) is 32.8 Å². The largest absolute Gasteiger partial charge is 0.443 e. The molecule has 0 saturated carbocycles. The summed E-state index contributed by atoms with van der Waals surface area (Å²) in [5.41, 5.74) is 0.237. The van der Waals surface area contributed by atoms with E-state index in [1.165, 1.54) is 0 Å². The lowest BCUT2D eigenvalue weighted by Crippen LogP contribution is -2.44. The normalized spacial score (nSPS) is 20.6. The summed E-state index contributed by atoms with van der Waals surface area (Å²) in [5.74, 6) is 0. The van der Waals surface area contributed by atoms with Gasteiger partial charge in [-0.3, -0.25) is 0 Å². The number of ether oxygens (including phenoxy) is 3. The molecule has 130 valence electrons. The van der Waals surface area contributed by atoms with E-state index in [-0.39, 0.29) is 6.61 Å². The van der Waals surface area contributed by atoms with Crippen molar-refractivity contribution in [1.82, 2.24) is 4.90 Å². The summed E-state index contributed by atoms with van der Waals surface area (Å²) in [6.07, 6.45) is -0.407. The fourth-order valence-corrected chi connectivity index (χ4v) is 2.30. The van der Waals surface area contributed by atoms with E-state index in [1.54, 1.807) is 26.8 Å². The lowest BCUT2D eigenvalue weighted by Gasteiger charge is -2.26. The minimum Gasteiger partial charge on any atom is -0.443 e. The van der Waals surface area contributed by atoms with Crippen LogP contribution >= 0.6 is 0 Å². The van der Waals surface area contributed by atoms with E-state index in [0.29, 0.717) is 6.42 Å². The first-order valence-electron chi connectivity index (χ1n) is 7.81. The van der Waals surface area contributed by atoms with Crippen LogP contribution in [-0.2, 0) is 20.8 Å². The third-order valence-corrected chi connectivity index (χ3v) is 3.31. The van der Waals surface area contributed by atoms with E-state index in [4.69, 9.17) is 14.2 Å². The maximum atomic E-state index is 12.3. The average molecular weight is 333 g/mol. The third-order valence-electron chi connectivity index (χ3n) is 3.31. The Morgan fingerprint density at radius 2 is 2.00 bits per heavy atom. The van der Waals surface area contributed by atoms with Crippen LogP contribution in [0.25, 0.3) is 0 Å². The molecule has 0 radical (unpaired) electrons. The third kappa shape index (κ3) is 4.58. The monoisotopic (exact) mass is 333 g/mol. The van der Waals surface area contributed by atoms with E-state index < -0.39 is 30.1 Å². The molecule has 0 unspecified atom stereocenters. The van der Waals surface area contributed by atoms with Crippen LogP contribution in [0, 0.1) is 0 Å². The number of hydrogen-bond acceptors (Lipinski definition) is 5. The number of cyclic esters (lactones) is 1. The quantitative estimate of drug-likeness (QED) is 0.766. The predicted molar refractivity (Wildman–Crippen MR) is 88.2 cm³/mol. The summed E-state index contributed by atoms with van der Waals surface area (Å²) in [6.45, 7) is 9.14. The lowest BCUT2D eigenvalue weighted by atomic mass is 10.2. The molecule has 2 rings (SSSR count). The Kier molecular flexibility index (Phi) is 5.62. The number of rotatable bonds is 5. The van der Waals surface area contributed by atoms with Crippen LogP contribution < -0.4 is 0 Å². The molecule has 0 N–H and O–H groups in total. The average Bonchev–Trinajstić information content (AvgIpc) is 2.81. The number of amides is 2. The molecule has 6 heteroatoms. The molecule has 0 aromatic heterocycles. The van der Waals surface area contributed by atoms with E-state index in [0.717, 1.165) is 10.5 Å². The highest BCUT2D eigenvalue weighted by Gasteiger charge is 2.47. The van der Waals surface area contributed by atoms with Gasteiger partial charge in [-0.15, -0.1) is 6.58 Å². The Morgan fingerprint density at radius 1 is 1.33 bits per heavy atom. The highest BCUT2D eigenvalue weighted by Crippen LogP contribution is 2.26. The lowest BCUT2D eigenvalue weighted by molar-refractivity contribution is -0.104. The predicted octanol–water partition coefficient (Wildman–Crippen LogP) is 3.86. The Hall–Kier alpha value is -2.34. The number of imide groups is 1. The molecule has 24 heavy (non-hydrogen) atoms. The van der Waals surface area contributed by atoms with Gasteiger partial charge in [0.25, 0.3) is 0 Å². The van der Waals surface area contributed by atoms with Gasteiger partial charge < -0.3 is 14.2 Å².